The van der Waals surface area contributed by atoms with Crippen LogP contribution < -0.4 is 10.1 Å². The van der Waals surface area contributed by atoms with Gasteiger partial charge in [-0.15, -0.1) is 0 Å². The molecule has 0 radical (unpaired) electrons. The number of rotatable bonds is 6. The fourth-order valence-corrected chi connectivity index (χ4v) is 1.09. The molecule has 0 aliphatic heterocycles. The van der Waals surface area contributed by atoms with E-state index in [2.05, 4.69) is 5.32 Å². The van der Waals surface area contributed by atoms with E-state index in [1.165, 1.54) is 0 Å². The molecule has 1 atom stereocenters. The third-order valence-corrected chi connectivity index (χ3v) is 1.96. The fourth-order valence-electron chi connectivity index (χ4n) is 1.09. The maximum Gasteiger partial charge on any atom is 0.209 e. The first kappa shape index (κ1) is 11.5. The second kappa shape index (κ2) is 6.03. The Hall–Kier alpha value is -1.55. The summed E-state index contributed by atoms with van der Waals surface area (Å²) in [6.45, 7) is 2.24. The van der Waals surface area contributed by atoms with Gasteiger partial charge in [0.05, 0.1) is 13.7 Å². The molecule has 0 bridgehead atoms. The van der Waals surface area contributed by atoms with Crippen LogP contribution >= 0.6 is 0 Å². The number of carbonyl (C=O) groups excluding carboxylic acids is 1. The molecule has 82 valence electrons. The zero-order valence-electron chi connectivity index (χ0n) is 8.90. The SMILES string of the molecule is COc1ccc(COC(C)NC=O)cc1. The number of methoxy groups -OCH3 is 1. The maximum absolute atomic E-state index is 10.1. The van der Waals surface area contributed by atoms with Gasteiger partial charge >= 0.3 is 0 Å². The van der Waals surface area contributed by atoms with Gasteiger partial charge in [0.25, 0.3) is 0 Å². The number of nitrogens with one attached hydrogen (secondary N) is 1. The van der Waals surface area contributed by atoms with Crippen LogP contribution in [0.4, 0.5) is 0 Å². The van der Waals surface area contributed by atoms with Crippen LogP contribution in [-0.4, -0.2) is 19.7 Å². The van der Waals surface area contributed by atoms with Gasteiger partial charge in [-0.25, -0.2) is 0 Å². The normalized spacial score (nSPS) is 11.9. The van der Waals surface area contributed by atoms with Gasteiger partial charge in [0, 0.05) is 0 Å². The van der Waals surface area contributed by atoms with Crippen LogP contribution in [0.25, 0.3) is 0 Å². The molecule has 4 heteroatoms. The van der Waals surface area contributed by atoms with Gasteiger partial charge in [-0.3, -0.25) is 4.79 Å². The lowest BCUT2D eigenvalue weighted by atomic mass is 10.2. The minimum atomic E-state index is -0.274. The highest BCUT2D eigenvalue weighted by Gasteiger charge is 2.00. The van der Waals surface area contributed by atoms with E-state index in [4.69, 9.17) is 9.47 Å². The quantitative estimate of drug-likeness (QED) is 0.567. The molecule has 1 N–H and O–H groups in total. The van der Waals surface area contributed by atoms with Crippen LogP contribution in [0.1, 0.15) is 12.5 Å². The van der Waals surface area contributed by atoms with Gasteiger partial charge in [-0.2, -0.15) is 0 Å². The van der Waals surface area contributed by atoms with Crippen molar-refractivity contribution in [1.29, 1.82) is 0 Å². The fraction of sp³-hybridized carbons (Fsp3) is 0.364. The molecular formula is C11H15NO3. The molecule has 15 heavy (non-hydrogen) atoms. The highest BCUT2D eigenvalue weighted by molar-refractivity contribution is 5.46. The Kier molecular flexibility index (Phi) is 4.63. The smallest absolute Gasteiger partial charge is 0.209 e. The van der Waals surface area contributed by atoms with E-state index >= 15 is 0 Å². The summed E-state index contributed by atoms with van der Waals surface area (Å²) in [7, 11) is 1.63. The van der Waals surface area contributed by atoms with E-state index < -0.39 is 0 Å². The molecule has 1 rings (SSSR count). The Bertz CT molecular complexity index is 297. The van der Waals surface area contributed by atoms with Crippen molar-refractivity contribution >= 4 is 6.41 Å². The van der Waals surface area contributed by atoms with Gasteiger partial charge < -0.3 is 14.8 Å². The molecule has 4 nitrogen and oxygen atoms in total. The van der Waals surface area contributed by atoms with Crippen molar-refractivity contribution in [1.82, 2.24) is 5.32 Å². The first-order valence-corrected chi connectivity index (χ1v) is 4.70. The lowest BCUT2D eigenvalue weighted by molar-refractivity contribution is -0.113. The van der Waals surface area contributed by atoms with Gasteiger partial charge in [-0.1, -0.05) is 12.1 Å². The average Bonchev–Trinajstić information content (AvgIpc) is 2.27. The summed E-state index contributed by atoms with van der Waals surface area (Å²) in [4.78, 5) is 10.1. The molecule has 0 aliphatic rings. The molecule has 0 heterocycles. The third kappa shape index (κ3) is 3.99. The molecule has 1 aromatic carbocycles. The van der Waals surface area contributed by atoms with Gasteiger partial charge in [0.15, 0.2) is 0 Å². The monoisotopic (exact) mass is 209 g/mol. The Morgan fingerprint density at radius 1 is 1.40 bits per heavy atom. The number of benzene rings is 1. The van der Waals surface area contributed by atoms with Crippen LogP contribution in [0.2, 0.25) is 0 Å². The maximum atomic E-state index is 10.1. The summed E-state index contributed by atoms with van der Waals surface area (Å²) in [6.07, 6.45) is 0.350. The number of hydrogen-bond donors (Lipinski definition) is 1. The van der Waals surface area contributed by atoms with E-state index in [1.807, 2.05) is 24.3 Å². The highest BCUT2D eigenvalue weighted by Crippen LogP contribution is 2.12. The largest absolute Gasteiger partial charge is 0.497 e. The van der Waals surface area contributed by atoms with Gasteiger partial charge in [-0.05, 0) is 24.6 Å². The number of amides is 1. The van der Waals surface area contributed by atoms with Crippen LogP contribution in [0.15, 0.2) is 24.3 Å². The molecule has 0 aliphatic carbocycles. The summed E-state index contributed by atoms with van der Waals surface area (Å²) in [5.41, 5.74) is 1.04. The second-order valence-corrected chi connectivity index (χ2v) is 3.09. The predicted octanol–water partition coefficient (Wildman–Crippen LogP) is 1.30. The third-order valence-electron chi connectivity index (χ3n) is 1.96. The van der Waals surface area contributed by atoms with E-state index in [-0.39, 0.29) is 6.23 Å². The van der Waals surface area contributed by atoms with E-state index in [9.17, 15) is 4.79 Å². The van der Waals surface area contributed by atoms with Crippen molar-refractivity contribution < 1.29 is 14.3 Å². The van der Waals surface area contributed by atoms with Crippen molar-refractivity contribution in [3.8, 4) is 5.75 Å². The zero-order valence-corrected chi connectivity index (χ0v) is 8.90. The van der Waals surface area contributed by atoms with Crippen molar-refractivity contribution in [2.24, 2.45) is 0 Å². The van der Waals surface area contributed by atoms with Crippen molar-refractivity contribution in [3.05, 3.63) is 29.8 Å². The summed E-state index contributed by atoms with van der Waals surface area (Å²) < 4.78 is 10.4. The molecule has 1 aromatic rings. The lowest BCUT2D eigenvalue weighted by Crippen LogP contribution is -2.26. The molecule has 0 fully saturated rings. The first-order chi connectivity index (χ1) is 7.26. The Morgan fingerprint density at radius 3 is 2.60 bits per heavy atom. The molecule has 0 aromatic heterocycles. The highest BCUT2D eigenvalue weighted by atomic mass is 16.5. The Balaban J connectivity index is 2.40. The molecule has 0 spiro atoms. The summed E-state index contributed by atoms with van der Waals surface area (Å²) >= 11 is 0. The predicted molar refractivity (Wildman–Crippen MR) is 56.4 cm³/mol. The van der Waals surface area contributed by atoms with E-state index in [0.29, 0.717) is 13.0 Å². The molecule has 0 saturated heterocycles. The van der Waals surface area contributed by atoms with Crippen LogP contribution in [-0.2, 0) is 16.1 Å². The molecule has 1 unspecified atom stereocenters. The average molecular weight is 209 g/mol. The second-order valence-electron chi connectivity index (χ2n) is 3.09. The van der Waals surface area contributed by atoms with Crippen LogP contribution in [0, 0.1) is 0 Å². The van der Waals surface area contributed by atoms with E-state index in [0.717, 1.165) is 11.3 Å². The van der Waals surface area contributed by atoms with Crippen LogP contribution in [0.5, 0.6) is 5.75 Å². The summed E-state index contributed by atoms with van der Waals surface area (Å²) in [6, 6.07) is 7.59. The minimum Gasteiger partial charge on any atom is -0.497 e. The zero-order chi connectivity index (χ0) is 11.1. The molecule has 0 saturated carbocycles. The van der Waals surface area contributed by atoms with Gasteiger partial charge in [0.1, 0.15) is 12.0 Å². The van der Waals surface area contributed by atoms with Crippen molar-refractivity contribution in [3.63, 3.8) is 0 Å². The summed E-state index contributed by atoms with van der Waals surface area (Å²) in [5.74, 6) is 0.817. The number of carbonyl (C=O) groups is 1. The van der Waals surface area contributed by atoms with E-state index in [1.54, 1.807) is 14.0 Å². The Labute approximate surface area is 89.2 Å². The topological polar surface area (TPSA) is 47.6 Å². The Morgan fingerprint density at radius 2 is 2.07 bits per heavy atom. The minimum absolute atomic E-state index is 0.274. The standard InChI is InChI=1S/C11H15NO3/c1-9(12-8-13)15-7-10-3-5-11(14-2)6-4-10/h3-6,8-9H,7H2,1-2H3,(H,12,13). The lowest BCUT2D eigenvalue weighted by Gasteiger charge is -2.11. The molecule has 1 amide bonds. The van der Waals surface area contributed by atoms with Crippen LogP contribution in [0.3, 0.4) is 0 Å². The summed E-state index contributed by atoms with van der Waals surface area (Å²) in [5, 5.41) is 2.51. The number of ether oxygens (including phenoxy) is 2. The van der Waals surface area contributed by atoms with Crippen molar-refractivity contribution in [2.75, 3.05) is 7.11 Å². The molecular weight excluding hydrogens is 194 g/mol. The number of hydrogen-bond acceptors (Lipinski definition) is 3. The first-order valence-electron chi connectivity index (χ1n) is 4.70. The van der Waals surface area contributed by atoms with Gasteiger partial charge in [0.2, 0.25) is 6.41 Å². The van der Waals surface area contributed by atoms with Crippen molar-refractivity contribution in [2.45, 2.75) is 19.8 Å².